The van der Waals surface area contributed by atoms with E-state index in [9.17, 15) is 4.79 Å². The molecule has 0 unspecified atom stereocenters. The van der Waals surface area contributed by atoms with Crippen LogP contribution in [0.3, 0.4) is 0 Å². The Morgan fingerprint density at radius 3 is 2.66 bits per heavy atom. The van der Waals surface area contributed by atoms with Gasteiger partial charge in [-0.2, -0.15) is 0 Å². The van der Waals surface area contributed by atoms with Gasteiger partial charge in [0, 0.05) is 55.7 Å². The minimum Gasteiger partial charge on any atom is -0.338 e. The van der Waals surface area contributed by atoms with Crippen LogP contribution in [0, 0.1) is 0 Å². The summed E-state index contributed by atoms with van der Waals surface area (Å²) in [5, 5.41) is 1.18. The van der Waals surface area contributed by atoms with Crippen LogP contribution in [0.1, 0.15) is 25.5 Å². The Labute approximate surface area is 172 Å². The van der Waals surface area contributed by atoms with Gasteiger partial charge in [-0.15, -0.1) is 0 Å². The summed E-state index contributed by atoms with van der Waals surface area (Å²) in [6.07, 6.45) is 6.75. The SMILES string of the molecule is CCN1CCC(N(CCc2ccccn2)C(=O)Cn2ccc3ccccc32)CC1. The summed E-state index contributed by atoms with van der Waals surface area (Å²) in [7, 11) is 0. The second kappa shape index (κ2) is 9.23. The van der Waals surface area contributed by atoms with E-state index in [1.165, 1.54) is 5.39 Å². The summed E-state index contributed by atoms with van der Waals surface area (Å²) in [5.74, 6) is 0.206. The average molecular weight is 391 g/mol. The zero-order valence-electron chi connectivity index (χ0n) is 17.2. The highest BCUT2D eigenvalue weighted by atomic mass is 16.2. The molecule has 0 N–H and O–H groups in total. The number of rotatable bonds is 7. The van der Waals surface area contributed by atoms with Crippen LogP contribution < -0.4 is 0 Å². The number of fused-ring (bicyclic) bond motifs is 1. The first-order valence-electron chi connectivity index (χ1n) is 10.7. The van der Waals surface area contributed by atoms with Crippen LogP contribution in [0.4, 0.5) is 0 Å². The molecule has 0 saturated carbocycles. The van der Waals surface area contributed by atoms with Crippen molar-refractivity contribution >= 4 is 16.8 Å². The smallest absolute Gasteiger partial charge is 0.242 e. The molecule has 2 aromatic heterocycles. The van der Waals surface area contributed by atoms with Crippen molar-refractivity contribution in [3.63, 3.8) is 0 Å². The lowest BCUT2D eigenvalue weighted by atomic mass is 10.0. The van der Waals surface area contributed by atoms with E-state index >= 15 is 0 Å². The Morgan fingerprint density at radius 2 is 1.90 bits per heavy atom. The fraction of sp³-hybridized carbons (Fsp3) is 0.417. The van der Waals surface area contributed by atoms with Gasteiger partial charge in [-0.05, 0) is 49.0 Å². The number of piperidine rings is 1. The van der Waals surface area contributed by atoms with Gasteiger partial charge in [0.1, 0.15) is 6.54 Å². The van der Waals surface area contributed by atoms with Crippen molar-refractivity contribution in [2.45, 2.75) is 38.8 Å². The molecule has 3 aromatic rings. The Kier molecular flexibility index (Phi) is 6.25. The standard InChI is InChI=1S/C24H30N4O/c1-2-26-15-12-22(13-16-26)28(18-11-21-8-5-6-14-25-21)24(29)19-27-17-10-20-7-3-4-9-23(20)27/h3-10,14,17,22H,2,11-13,15-16,18-19H2,1H3. The quantitative estimate of drug-likeness (QED) is 0.619. The van der Waals surface area contributed by atoms with Crippen LogP contribution in [-0.2, 0) is 17.8 Å². The summed E-state index contributed by atoms with van der Waals surface area (Å²) in [6.45, 7) is 6.56. The first kappa shape index (κ1) is 19.6. The predicted octanol–water partition coefficient (Wildman–Crippen LogP) is 3.59. The van der Waals surface area contributed by atoms with Gasteiger partial charge in [0.25, 0.3) is 0 Å². The van der Waals surface area contributed by atoms with E-state index in [2.05, 4.69) is 44.5 Å². The molecule has 0 atom stereocenters. The van der Waals surface area contributed by atoms with E-state index in [4.69, 9.17) is 0 Å². The number of para-hydroxylation sites is 1. The van der Waals surface area contributed by atoms with Crippen molar-refractivity contribution in [3.05, 3.63) is 66.6 Å². The molecule has 1 amide bonds. The van der Waals surface area contributed by atoms with Crippen LogP contribution >= 0.6 is 0 Å². The number of pyridine rings is 1. The maximum atomic E-state index is 13.4. The number of likely N-dealkylation sites (tertiary alicyclic amines) is 1. The molecule has 1 fully saturated rings. The lowest BCUT2D eigenvalue weighted by molar-refractivity contribution is -0.135. The topological polar surface area (TPSA) is 41.4 Å². The van der Waals surface area contributed by atoms with Crippen molar-refractivity contribution < 1.29 is 4.79 Å². The molecule has 1 aromatic carbocycles. The van der Waals surface area contributed by atoms with E-state index in [0.717, 1.165) is 56.7 Å². The largest absolute Gasteiger partial charge is 0.338 e. The molecule has 0 bridgehead atoms. The van der Waals surface area contributed by atoms with Gasteiger partial charge in [-0.25, -0.2) is 0 Å². The zero-order chi connectivity index (χ0) is 20.1. The third-order valence-corrected chi connectivity index (χ3v) is 6.09. The van der Waals surface area contributed by atoms with Crippen molar-refractivity contribution in [2.75, 3.05) is 26.2 Å². The summed E-state index contributed by atoms with van der Waals surface area (Å²) in [4.78, 5) is 22.4. The van der Waals surface area contributed by atoms with Gasteiger partial charge in [-0.3, -0.25) is 9.78 Å². The number of carbonyl (C=O) groups is 1. The van der Waals surface area contributed by atoms with Crippen LogP contribution in [-0.4, -0.2) is 57.5 Å². The lowest BCUT2D eigenvalue weighted by Crippen LogP contribution is -2.49. The molecule has 0 radical (unpaired) electrons. The molecule has 152 valence electrons. The maximum absolute atomic E-state index is 13.4. The van der Waals surface area contributed by atoms with E-state index in [-0.39, 0.29) is 5.91 Å². The minimum atomic E-state index is 0.206. The number of amides is 1. The van der Waals surface area contributed by atoms with E-state index in [0.29, 0.717) is 12.6 Å². The van der Waals surface area contributed by atoms with Crippen molar-refractivity contribution in [1.82, 2.24) is 19.4 Å². The highest BCUT2D eigenvalue weighted by Gasteiger charge is 2.27. The Bertz CT molecular complexity index is 928. The fourth-order valence-electron chi connectivity index (χ4n) is 4.35. The Balaban J connectivity index is 1.49. The summed E-state index contributed by atoms with van der Waals surface area (Å²) in [6, 6.07) is 16.6. The number of hydrogen-bond acceptors (Lipinski definition) is 3. The average Bonchev–Trinajstić information content (AvgIpc) is 3.18. The van der Waals surface area contributed by atoms with Crippen molar-refractivity contribution in [3.8, 4) is 0 Å². The number of hydrogen-bond donors (Lipinski definition) is 0. The van der Waals surface area contributed by atoms with Crippen LogP contribution in [0.15, 0.2) is 60.9 Å². The molecule has 0 aliphatic carbocycles. The first-order valence-corrected chi connectivity index (χ1v) is 10.7. The molecule has 1 aliphatic heterocycles. The molecule has 29 heavy (non-hydrogen) atoms. The van der Waals surface area contributed by atoms with Crippen LogP contribution in [0.5, 0.6) is 0 Å². The summed E-state index contributed by atoms with van der Waals surface area (Å²) in [5.41, 5.74) is 2.16. The van der Waals surface area contributed by atoms with Gasteiger partial charge in [-0.1, -0.05) is 31.2 Å². The van der Waals surface area contributed by atoms with E-state index < -0.39 is 0 Å². The van der Waals surface area contributed by atoms with E-state index in [1.54, 1.807) is 0 Å². The fourth-order valence-corrected chi connectivity index (χ4v) is 4.35. The normalized spacial score (nSPS) is 15.6. The van der Waals surface area contributed by atoms with Crippen LogP contribution in [0.25, 0.3) is 10.9 Å². The number of carbonyl (C=O) groups excluding carboxylic acids is 1. The van der Waals surface area contributed by atoms with Crippen molar-refractivity contribution in [2.24, 2.45) is 0 Å². The summed E-state index contributed by atoms with van der Waals surface area (Å²) < 4.78 is 2.08. The predicted molar refractivity (Wildman–Crippen MR) is 117 cm³/mol. The minimum absolute atomic E-state index is 0.206. The molecule has 5 heteroatoms. The van der Waals surface area contributed by atoms with Gasteiger partial charge in [0.05, 0.1) is 0 Å². The molecular formula is C24H30N4O. The molecule has 1 aliphatic rings. The molecular weight excluding hydrogens is 360 g/mol. The second-order valence-electron chi connectivity index (χ2n) is 7.83. The lowest BCUT2D eigenvalue weighted by Gasteiger charge is -2.38. The molecule has 4 rings (SSSR count). The van der Waals surface area contributed by atoms with Gasteiger partial charge in [0.15, 0.2) is 0 Å². The van der Waals surface area contributed by atoms with Crippen LogP contribution in [0.2, 0.25) is 0 Å². The summed E-state index contributed by atoms with van der Waals surface area (Å²) >= 11 is 0. The molecule has 5 nitrogen and oxygen atoms in total. The number of nitrogens with zero attached hydrogens (tertiary/aromatic N) is 4. The monoisotopic (exact) mass is 390 g/mol. The number of benzene rings is 1. The Hall–Kier alpha value is -2.66. The first-order chi connectivity index (χ1) is 14.2. The van der Waals surface area contributed by atoms with Gasteiger partial charge < -0.3 is 14.4 Å². The zero-order valence-corrected chi connectivity index (χ0v) is 17.2. The van der Waals surface area contributed by atoms with Crippen molar-refractivity contribution in [1.29, 1.82) is 0 Å². The molecule has 0 spiro atoms. The van der Waals surface area contributed by atoms with E-state index in [1.807, 2.05) is 42.7 Å². The molecule has 3 heterocycles. The molecule has 1 saturated heterocycles. The highest BCUT2D eigenvalue weighted by Crippen LogP contribution is 2.20. The Morgan fingerprint density at radius 1 is 1.10 bits per heavy atom. The van der Waals surface area contributed by atoms with Gasteiger partial charge in [0.2, 0.25) is 5.91 Å². The van der Waals surface area contributed by atoms with Gasteiger partial charge >= 0.3 is 0 Å². The second-order valence-corrected chi connectivity index (χ2v) is 7.83. The third-order valence-electron chi connectivity index (χ3n) is 6.09. The third kappa shape index (κ3) is 4.67. The highest BCUT2D eigenvalue weighted by molar-refractivity contribution is 5.83. The number of aromatic nitrogens is 2. The maximum Gasteiger partial charge on any atom is 0.242 e.